The van der Waals surface area contributed by atoms with Crippen LogP contribution in [0.1, 0.15) is 35.5 Å². The van der Waals surface area contributed by atoms with Crippen molar-refractivity contribution >= 4 is 44.4 Å². The van der Waals surface area contributed by atoms with Crippen molar-refractivity contribution in [2.45, 2.75) is 37.8 Å². The summed E-state index contributed by atoms with van der Waals surface area (Å²) in [6, 6.07) is 14.8. The third-order valence-corrected chi connectivity index (χ3v) is 7.93. The third-order valence-electron chi connectivity index (χ3n) is 6.58. The number of esters is 1. The van der Waals surface area contributed by atoms with Gasteiger partial charge in [0.15, 0.2) is 6.61 Å². The minimum absolute atomic E-state index is 0.0332. The SMILES string of the molecule is CC(C)N1CCc2nc3ccccc3c(C(=O)OCC(=O)Nc3ccc(S(=O)(=O)Nc4ncccn4)cc3)c2C1. The molecule has 0 atom stereocenters. The number of para-hydroxylation sites is 1. The summed E-state index contributed by atoms with van der Waals surface area (Å²) in [5.74, 6) is -1.20. The van der Waals surface area contributed by atoms with Crippen LogP contribution in [0.25, 0.3) is 10.9 Å². The first-order valence-electron chi connectivity index (χ1n) is 12.7. The van der Waals surface area contributed by atoms with E-state index in [4.69, 9.17) is 9.72 Å². The summed E-state index contributed by atoms with van der Waals surface area (Å²) < 4.78 is 32.9. The number of benzene rings is 2. The van der Waals surface area contributed by atoms with Gasteiger partial charge in [-0.3, -0.25) is 14.7 Å². The van der Waals surface area contributed by atoms with E-state index in [0.29, 0.717) is 34.7 Å². The van der Waals surface area contributed by atoms with Gasteiger partial charge in [0.2, 0.25) is 5.95 Å². The summed E-state index contributed by atoms with van der Waals surface area (Å²) >= 11 is 0. The molecule has 1 aliphatic heterocycles. The Hall–Kier alpha value is -4.42. The lowest BCUT2D eigenvalue weighted by Crippen LogP contribution is -2.37. The Kier molecular flexibility index (Phi) is 7.71. The van der Waals surface area contributed by atoms with Crippen molar-refractivity contribution in [3.8, 4) is 0 Å². The highest BCUT2D eigenvalue weighted by molar-refractivity contribution is 7.92. The Morgan fingerprint density at radius 3 is 2.48 bits per heavy atom. The molecule has 5 rings (SSSR count). The van der Waals surface area contributed by atoms with Gasteiger partial charge in [0, 0.05) is 60.3 Å². The maximum atomic E-state index is 13.3. The quantitative estimate of drug-likeness (QED) is 0.310. The van der Waals surface area contributed by atoms with E-state index in [9.17, 15) is 18.0 Å². The summed E-state index contributed by atoms with van der Waals surface area (Å²) in [6.07, 6.45) is 3.56. The number of hydrogen-bond donors (Lipinski definition) is 2. The fraction of sp³-hybridized carbons (Fsp3) is 0.250. The minimum Gasteiger partial charge on any atom is -0.452 e. The van der Waals surface area contributed by atoms with Crippen molar-refractivity contribution in [2.75, 3.05) is 23.2 Å². The fourth-order valence-corrected chi connectivity index (χ4v) is 5.49. The summed E-state index contributed by atoms with van der Waals surface area (Å²) in [4.78, 5) is 40.7. The molecular formula is C28H28N6O5S. The summed E-state index contributed by atoms with van der Waals surface area (Å²) in [5, 5.41) is 3.31. The molecule has 0 aliphatic carbocycles. The number of pyridine rings is 1. The molecule has 4 aromatic rings. The maximum Gasteiger partial charge on any atom is 0.339 e. The van der Waals surface area contributed by atoms with E-state index in [1.165, 1.54) is 36.7 Å². The molecule has 11 nitrogen and oxygen atoms in total. The number of fused-ring (bicyclic) bond motifs is 2. The zero-order valence-corrected chi connectivity index (χ0v) is 22.8. The van der Waals surface area contributed by atoms with Gasteiger partial charge in [-0.25, -0.2) is 27.9 Å². The first kappa shape index (κ1) is 27.2. The number of amides is 1. The van der Waals surface area contributed by atoms with Crippen molar-refractivity contribution < 1.29 is 22.7 Å². The zero-order valence-electron chi connectivity index (χ0n) is 22.0. The molecule has 2 aromatic heterocycles. The van der Waals surface area contributed by atoms with Crippen LogP contribution in [0.15, 0.2) is 71.9 Å². The van der Waals surface area contributed by atoms with Crippen LogP contribution in [0.2, 0.25) is 0 Å². The molecule has 206 valence electrons. The van der Waals surface area contributed by atoms with Gasteiger partial charge in [0.25, 0.3) is 15.9 Å². The van der Waals surface area contributed by atoms with E-state index < -0.39 is 28.5 Å². The average molecular weight is 561 g/mol. The van der Waals surface area contributed by atoms with Gasteiger partial charge in [-0.2, -0.15) is 0 Å². The number of nitrogens with one attached hydrogen (secondary N) is 2. The second-order valence-electron chi connectivity index (χ2n) is 9.57. The van der Waals surface area contributed by atoms with Crippen LogP contribution >= 0.6 is 0 Å². The largest absolute Gasteiger partial charge is 0.452 e. The van der Waals surface area contributed by atoms with Crippen LogP contribution in [-0.4, -0.2) is 59.3 Å². The topological polar surface area (TPSA) is 143 Å². The lowest BCUT2D eigenvalue weighted by atomic mass is 9.95. The Morgan fingerprint density at radius 1 is 1.02 bits per heavy atom. The predicted octanol–water partition coefficient (Wildman–Crippen LogP) is 3.39. The highest BCUT2D eigenvalue weighted by atomic mass is 32.2. The molecule has 0 saturated carbocycles. The van der Waals surface area contributed by atoms with Crippen LogP contribution in [0.4, 0.5) is 11.6 Å². The summed E-state index contributed by atoms with van der Waals surface area (Å²) in [7, 11) is -3.91. The zero-order chi connectivity index (χ0) is 28.3. The Labute approximate surface area is 231 Å². The van der Waals surface area contributed by atoms with Crippen molar-refractivity contribution in [3.05, 3.63) is 83.8 Å². The van der Waals surface area contributed by atoms with Crippen LogP contribution in [0, 0.1) is 0 Å². The molecule has 0 fully saturated rings. The molecule has 1 aliphatic rings. The lowest BCUT2D eigenvalue weighted by molar-refractivity contribution is -0.119. The molecular weight excluding hydrogens is 532 g/mol. The molecule has 0 bridgehead atoms. The monoisotopic (exact) mass is 560 g/mol. The standard InChI is InChI=1S/C28H28N6O5S/c1-18(2)34-15-12-24-22(16-34)26(21-6-3-4-7-23(21)32-24)27(36)39-17-25(35)31-19-8-10-20(11-9-19)40(37,38)33-28-29-13-5-14-30-28/h3-11,13-14,18H,12,15-17H2,1-2H3,(H,31,35)(H,29,30,33). The number of rotatable bonds is 8. The molecule has 12 heteroatoms. The Balaban J connectivity index is 1.27. The molecule has 0 saturated heterocycles. The van der Waals surface area contributed by atoms with E-state index in [1.54, 1.807) is 6.07 Å². The molecule has 1 amide bonds. The van der Waals surface area contributed by atoms with E-state index in [2.05, 4.69) is 38.8 Å². The van der Waals surface area contributed by atoms with E-state index >= 15 is 0 Å². The highest BCUT2D eigenvalue weighted by Gasteiger charge is 2.28. The van der Waals surface area contributed by atoms with Crippen LogP contribution in [-0.2, 0) is 32.5 Å². The van der Waals surface area contributed by atoms with Crippen LogP contribution < -0.4 is 10.0 Å². The summed E-state index contributed by atoms with van der Waals surface area (Å²) in [5.41, 5.74) is 3.18. The van der Waals surface area contributed by atoms with Gasteiger partial charge in [-0.15, -0.1) is 0 Å². The maximum absolute atomic E-state index is 13.3. The van der Waals surface area contributed by atoms with Gasteiger partial charge in [0.1, 0.15) is 0 Å². The van der Waals surface area contributed by atoms with Crippen molar-refractivity contribution in [3.63, 3.8) is 0 Å². The number of hydrogen-bond acceptors (Lipinski definition) is 9. The number of aromatic nitrogens is 3. The second-order valence-corrected chi connectivity index (χ2v) is 11.3. The second kappa shape index (κ2) is 11.4. The molecule has 3 heterocycles. The Morgan fingerprint density at radius 2 is 1.75 bits per heavy atom. The normalized spacial score (nSPS) is 13.6. The van der Waals surface area contributed by atoms with Gasteiger partial charge in [-0.05, 0) is 50.2 Å². The number of ether oxygens (including phenoxy) is 1. The van der Waals surface area contributed by atoms with Crippen molar-refractivity contribution in [1.82, 2.24) is 19.9 Å². The van der Waals surface area contributed by atoms with Gasteiger partial charge in [-0.1, -0.05) is 18.2 Å². The molecule has 2 N–H and O–H groups in total. The summed E-state index contributed by atoms with van der Waals surface area (Å²) in [6.45, 7) is 5.13. The first-order valence-corrected chi connectivity index (χ1v) is 14.2. The van der Waals surface area contributed by atoms with E-state index in [0.717, 1.165) is 24.2 Å². The number of carbonyl (C=O) groups excluding carboxylic acids is 2. The average Bonchev–Trinajstić information content (AvgIpc) is 2.95. The lowest BCUT2D eigenvalue weighted by Gasteiger charge is -2.32. The smallest absolute Gasteiger partial charge is 0.339 e. The third kappa shape index (κ3) is 5.92. The minimum atomic E-state index is -3.91. The number of carbonyl (C=O) groups is 2. The van der Waals surface area contributed by atoms with Gasteiger partial charge >= 0.3 is 5.97 Å². The first-order chi connectivity index (χ1) is 19.2. The predicted molar refractivity (Wildman–Crippen MR) is 149 cm³/mol. The van der Waals surface area contributed by atoms with E-state index in [1.807, 2.05) is 24.3 Å². The molecule has 0 radical (unpaired) electrons. The number of nitrogens with zero attached hydrogens (tertiary/aromatic N) is 4. The van der Waals surface area contributed by atoms with Crippen LogP contribution in [0.3, 0.4) is 0 Å². The van der Waals surface area contributed by atoms with Gasteiger partial charge < -0.3 is 10.1 Å². The molecule has 0 spiro atoms. The highest BCUT2D eigenvalue weighted by Crippen LogP contribution is 2.29. The number of anilines is 2. The van der Waals surface area contributed by atoms with E-state index in [-0.39, 0.29) is 10.8 Å². The number of sulfonamides is 1. The van der Waals surface area contributed by atoms with Crippen molar-refractivity contribution in [1.29, 1.82) is 0 Å². The van der Waals surface area contributed by atoms with Crippen LogP contribution in [0.5, 0.6) is 0 Å². The Bertz CT molecular complexity index is 1660. The molecule has 2 aromatic carbocycles. The van der Waals surface area contributed by atoms with Gasteiger partial charge in [0.05, 0.1) is 16.0 Å². The molecule has 0 unspecified atom stereocenters. The molecule has 40 heavy (non-hydrogen) atoms. The fourth-order valence-electron chi connectivity index (χ4n) is 4.53. The van der Waals surface area contributed by atoms with Crippen molar-refractivity contribution in [2.24, 2.45) is 0 Å².